The molecule has 112 valence electrons. The first kappa shape index (κ1) is 16.3. The summed E-state index contributed by atoms with van der Waals surface area (Å²) in [6.45, 7) is 3.10. The quantitative estimate of drug-likeness (QED) is 0.826. The number of hydrogen-bond donors (Lipinski definition) is 1. The Bertz CT molecular complexity index is 786. The molecule has 0 unspecified atom stereocenters. The predicted octanol–water partition coefficient (Wildman–Crippen LogP) is 4.66. The van der Waals surface area contributed by atoms with E-state index in [9.17, 15) is 12.8 Å². The molecule has 0 fully saturated rings. The minimum Gasteiger partial charge on any atom is -0.278 e. The molecule has 0 aromatic heterocycles. The van der Waals surface area contributed by atoms with Gasteiger partial charge in [0, 0.05) is 4.47 Å². The number of sulfonamides is 1. The zero-order valence-corrected chi connectivity index (χ0v) is 14.4. The summed E-state index contributed by atoms with van der Waals surface area (Å²) in [7, 11) is -3.85. The van der Waals surface area contributed by atoms with Gasteiger partial charge in [0.1, 0.15) is 5.82 Å². The van der Waals surface area contributed by atoms with Gasteiger partial charge in [-0.25, -0.2) is 12.8 Å². The Kier molecular flexibility index (Phi) is 4.60. The van der Waals surface area contributed by atoms with E-state index in [0.717, 1.165) is 0 Å². The van der Waals surface area contributed by atoms with Crippen LogP contribution in [0.3, 0.4) is 0 Å². The highest BCUT2D eigenvalue weighted by Crippen LogP contribution is 2.29. The van der Waals surface area contributed by atoms with Crippen LogP contribution in [-0.2, 0) is 10.0 Å². The first-order chi connectivity index (χ1) is 9.70. The van der Waals surface area contributed by atoms with Gasteiger partial charge in [0.05, 0.1) is 15.6 Å². The number of anilines is 1. The van der Waals surface area contributed by atoms with Crippen LogP contribution < -0.4 is 4.72 Å². The highest BCUT2D eigenvalue weighted by atomic mass is 79.9. The van der Waals surface area contributed by atoms with E-state index >= 15 is 0 Å². The molecule has 0 atom stereocenters. The lowest BCUT2D eigenvalue weighted by Crippen LogP contribution is -2.16. The Hall–Kier alpha value is -1.11. The van der Waals surface area contributed by atoms with Gasteiger partial charge in [-0.3, -0.25) is 4.72 Å². The lowest BCUT2D eigenvalue weighted by molar-refractivity contribution is 0.597. The molecular weight excluding hydrogens is 381 g/mol. The molecule has 0 aliphatic carbocycles. The number of nitrogens with one attached hydrogen (secondary N) is 1. The van der Waals surface area contributed by atoms with Crippen molar-refractivity contribution in [3.8, 4) is 0 Å². The Morgan fingerprint density at radius 1 is 1.14 bits per heavy atom. The summed E-state index contributed by atoms with van der Waals surface area (Å²) in [4.78, 5) is 0.0555. The number of aryl methyl sites for hydroxylation is 2. The van der Waals surface area contributed by atoms with Crippen molar-refractivity contribution in [3.63, 3.8) is 0 Å². The summed E-state index contributed by atoms with van der Waals surface area (Å²) in [5, 5.41) is 0.277. The molecule has 0 aliphatic rings. The lowest BCUT2D eigenvalue weighted by atomic mass is 10.1. The Balaban J connectivity index is 2.51. The Morgan fingerprint density at radius 2 is 1.71 bits per heavy atom. The molecule has 2 aromatic rings. The first-order valence-electron chi connectivity index (χ1n) is 5.95. The fraction of sp³-hybridized carbons (Fsp3) is 0.143. The molecule has 2 rings (SSSR count). The summed E-state index contributed by atoms with van der Waals surface area (Å²) >= 11 is 9.24. The fourth-order valence-corrected chi connectivity index (χ4v) is 4.20. The van der Waals surface area contributed by atoms with Crippen LogP contribution in [-0.4, -0.2) is 8.42 Å². The van der Waals surface area contributed by atoms with Crippen LogP contribution in [0.2, 0.25) is 5.02 Å². The van der Waals surface area contributed by atoms with Gasteiger partial charge in [0.25, 0.3) is 10.0 Å². The molecule has 0 saturated heterocycles. The van der Waals surface area contributed by atoms with Crippen molar-refractivity contribution in [2.24, 2.45) is 0 Å². The maximum Gasteiger partial charge on any atom is 0.262 e. The molecule has 0 radical (unpaired) electrons. The monoisotopic (exact) mass is 391 g/mol. The summed E-state index contributed by atoms with van der Waals surface area (Å²) < 4.78 is 41.4. The third-order valence-electron chi connectivity index (χ3n) is 2.87. The number of hydrogen-bond acceptors (Lipinski definition) is 2. The largest absolute Gasteiger partial charge is 0.278 e. The van der Waals surface area contributed by atoms with Crippen molar-refractivity contribution in [2.75, 3.05) is 4.72 Å². The van der Waals surface area contributed by atoms with E-state index in [2.05, 4.69) is 20.7 Å². The van der Waals surface area contributed by atoms with Gasteiger partial charge in [0.15, 0.2) is 0 Å². The van der Waals surface area contributed by atoms with Crippen molar-refractivity contribution >= 4 is 43.2 Å². The molecule has 0 saturated carbocycles. The molecule has 3 nitrogen and oxygen atoms in total. The molecule has 0 spiro atoms. The highest BCUT2D eigenvalue weighted by molar-refractivity contribution is 9.10. The minimum atomic E-state index is -3.85. The number of rotatable bonds is 3. The normalized spacial score (nSPS) is 11.5. The molecule has 0 bridgehead atoms. The maximum atomic E-state index is 13.3. The molecular formula is C14H12BrClFNO2S. The van der Waals surface area contributed by atoms with Crippen molar-refractivity contribution < 1.29 is 12.8 Å². The Morgan fingerprint density at radius 3 is 2.29 bits per heavy atom. The first-order valence-corrected chi connectivity index (χ1v) is 8.61. The van der Waals surface area contributed by atoms with Crippen LogP contribution in [0.25, 0.3) is 0 Å². The molecule has 21 heavy (non-hydrogen) atoms. The van der Waals surface area contributed by atoms with E-state index in [0.29, 0.717) is 15.6 Å². The number of halogens is 3. The van der Waals surface area contributed by atoms with Gasteiger partial charge in [0.2, 0.25) is 0 Å². The van der Waals surface area contributed by atoms with Crippen molar-refractivity contribution in [3.05, 3.63) is 56.8 Å². The minimum absolute atomic E-state index is 0.0555. The average molecular weight is 393 g/mol. The van der Waals surface area contributed by atoms with Crippen LogP contribution in [0.4, 0.5) is 10.1 Å². The molecule has 0 aliphatic heterocycles. The van der Waals surface area contributed by atoms with E-state index in [1.807, 2.05) is 0 Å². The SMILES string of the molecule is Cc1cc(F)cc(C)c1S(=O)(=O)Nc1cc(Br)ccc1Cl. The van der Waals surface area contributed by atoms with E-state index in [1.165, 1.54) is 12.1 Å². The second kappa shape index (κ2) is 5.94. The summed E-state index contributed by atoms with van der Waals surface area (Å²) in [5.74, 6) is -0.468. The predicted molar refractivity (Wildman–Crippen MR) is 85.8 cm³/mol. The highest BCUT2D eigenvalue weighted by Gasteiger charge is 2.21. The topological polar surface area (TPSA) is 46.2 Å². The molecule has 1 N–H and O–H groups in total. The fourth-order valence-electron chi connectivity index (χ4n) is 2.09. The summed E-state index contributed by atoms with van der Waals surface area (Å²) in [5.41, 5.74) is 0.936. The van der Waals surface area contributed by atoms with Gasteiger partial charge < -0.3 is 0 Å². The van der Waals surface area contributed by atoms with Gasteiger partial charge in [-0.05, 0) is 55.3 Å². The van der Waals surface area contributed by atoms with Gasteiger partial charge in [-0.1, -0.05) is 27.5 Å². The number of benzene rings is 2. The van der Waals surface area contributed by atoms with Crippen LogP contribution in [0.5, 0.6) is 0 Å². The van der Waals surface area contributed by atoms with Crippen LogP contribution in [0.15, 0.2) is 39.7 Å². The van der Waals surface area contributed by atoms with E-state index in [4.69, 9.17) is 11.6 Å². The summed E-state index contributed by atoms with van der Waals surface area (Å²) in [6.07, 6.45) is 0. The molecule has 0 heterocycles. The lowest BCUT2D eigenvalue weighted by Gasteiger charge is -2.14. The van der Waals surface area contributed by atoms with Crippen LogP contribution in [0, 0.1) is 19.7 Å². The zero-order valence-electron chi connectivity index (χ0n) is 11.2. The van der Waals surface area contributed by atoms with Crippen molar-refractivity contribution in [2.45, 2.75) is 18.7 Å². The van der Waals surface area contributed by atoms with Gasteiger partial charge in [-0.2, -0.15) is 0 Å². The summed E-state index contributed by atoms with van der Waals surface area (Å²) in [6, 6.07) is 7.21. The van der Waals surface area contributed by atoms with Gasteiger partial charge in [-0.15, -0.1) is 0 Å². The standard InChI is InChI=1S/C14H12BrClFNO2S/c1-8-5-11(17)6-9(2)14(8)21(19,20)18-13-7-10(15)3-4-12(13)16/h3-7,18H,1-2H3. The van der Waals surface area contributed by atoms with E-state index < -0.39 is 15.8 Å². The third kappa shape index (κ3) is 3.56. The van der Waals surface area contributed by atoms with Crippen LogP contribution in [0.1, 0.15) is 11.1 Å². The molecule has 2 aromatic carbocycles. The van der Waals surface area contributed by atoms with E-state index in [1.54, 1.807) is 32.0 Å². The van der Waals surface area contributed by atoms with E-state index in [-0.39, 0.29) is 15.6 Å². The zero-order chi connectivity index (χ0) is 15.8. The molecule has 0 amide bonds. The average Bonchev–Trinajstić information content (AvgIpc) is 2.31. The molecule has 7 heteroatoms. The van der Waals surface area contributed by atoms with Crippen molar-refractivity contribution in [1.82, 2.24) is 0 Å². The maximum absolute atomic E-state index is 13.3. The smallest absolute Gasteiger partial charge is 0.262 e. The van der Waals surface area contributed by atoms with Crippen LogP contribution >= 0.6 is 27.5 Å². The van der Waals surface area contributed by atoms with Crippen molar-refractivity contribution in [1.29, 1.82) is 0 Å². The second-order valence-electron chi connectivity index (χ2n) is 4.60. The Labute approximate surface area is 136 Å². The van der Waals surface area contributed by atoms with Gasteiger partial charge >= 0.3 is 0 Å². The third-order valence-corrected chi connectivity index (χ3v) is 5.36. The second-order valence-corrected chi connectivity index (χ2v) is 7.54.